The van der Waals surface area contributed by atoms with E-state index in [4.69, 9.17) is 4.74 Å². The fraction of sp³-hybridized carbons (Fsp3) is 0.615. The monoisotopic (exact) mass is 281 g/mol. The fourth-order valence-corrected chi connectivity index (χ4v) is 2.70. The minimum Gasteiger partial charge on any atom is -0.461 e. The van der Waals surface area contributed by atoms with Crippen LogP contribution in [0.5, 0.6) is 0 Å². The predicted molar refractivity (Wildman–Crippen MR) is 76.8 cm³/mol. The Kier molecular flexibility index (Phi) is 4.90. The van der Waals surface area contributed by atoms with Crippen LogP contribution in [0.15, 0.2) is 10.5 Å². The van der Waals surface area contributed by atoms with E-state index in [0.29, 0.717) is 23.4 Å². The van der Waals surface area contributed by atoms with Crippen LogP contribution < -0.4 is 5.43 Å². The highest BCUT2D eigenvalue weighted by molar-refractivity contribution is 7.13. The normalized spacial score (nSPS) is 21.4. The van der Waals surface area contributed by atoms with Crippen LogP contribution in [0.2, 0.25) is 0 Å². The summed E-state index contributed by atoms with van der Waals surface area (Å²) in [5.74, 6) is 0.149. The Morgan fingerprint density at radius 1 is 1.63 bits per heavy atom. The van der Waals surface area contributed by atoms with Gasteiger partial charge in [-0.15, -0.1) is 11.3 Å². The van der Waals surface area contributed by atoms with E-state index in [0.717, 1.165) is 6.42 Å². The Bertz CT molecular complexity index is 470. The summed E-state index contributed by atoms with van der Waals surface area (Å²) in [5.41, 5.74) is 4.48. The number of ether oxygens (including phenoxy) is 1. The van der Waals surface area contributed by atoms with Gasteiger partial charge in [0.05, 0.1) is 6.61 Å². The minimum absolute atomic E-state index is 0.339. The van der Waals surface area contributed by atoms with Gasteiger partial charge in [0, 0.05) is 11.1 Å². The molecule has 2 rings (SSSR count). The first kappa shape index (κ1) is 14.0. The number of rotatable bonds is 4. The fourth-order valence-electron chi connectivity index (χ4n) is 2.08. The maximum Gasteiger partial charge on any atom is 0.357 e. The van der Waals surface area contributed by atoms with Crippen molar-refractivity contribution in [3.63, 3.8) is 0 Å². The average molecular weight is 281 g/mol. The third-order valence-electron chi connectivity index (χ3n) is 3.17. The Labute approximate surface area is 117 Å². The van der Waals surface area contributed by atoms with Crippen molar-refractivity contribution < 1.29 is 9.53 Å². The Hall–Kier alpha value is -1.43. The molecule has 104 valence electrons. The van der Waals surface area contributed by atoms with Crippen molar-refractivity contribution in [2.45, 2.75) is 39.5 Å². The van der Waals surface area contributed by atoms with Crippen LogP contribution in [0.25, 0.3) is 0 Å². The van der Waals surface area contributed by atoms with Gasteiger partial charge in [0.2, 0.25) is 5.13 Å². The number of carbonyl (C=O) groups is 1. The molecule has 1 heterocycles. The molecule has 1 saturated carbocycles. The van der Waals surface area contributed by atoms with Gasteiger partial charge < -0.3 is 4.74 Å². The van der Waals surface area contributed by atoms with Crippen LogP contribution in [-0.2, 0) is 4.74 Å². The summed E-state index contributed by atoms with van der Waals surface area (Å²) in [7, 11) is 0. The largest absolute Gasteiger partial charge is 0.461 e. The molecule has 0 aromatic carbocycles. The molecule has 5 nitrogen and oxygen atoms in total. The van der Waals surface area contributed by atoms with Crippen LogP contribution in [0.4, 0.5) is 5.13 Å². The highest BCUT2D eigenvalue weighted by atomic mass is 32.1. The summed E-state index contributed by atoms with van der Waals surface area (Å²) < 4.78 is 4.89. The van der Waals surface area contributed by atoms with Crippen molar-refractivity contribution in [3.05, 3.63) is 11.1 Å². The van der Waals surface area contributed by atoms with E-state index in [1.54, 1.807) is 12.3 Å². The van der Waals surface area contributed by atoms with Gasteiger partial charge in [0.25, 0.3) is 0 Å². The molecule has 19 heavy (non-hydrogen) atoms. The molecule has 1 aromatic heterocycles. The smallest absolute Gasteiger partial charge is 0.357 e. The Morgan fingerprint density at radius 3 is 3.21 bits per heavy atom. The molecule has 0 bridgehead atoms. The van der Waals surface area contributed by atoms with E-state index in [1.807, 2.05) is 0 Å². The molecule has 0 saturated heterocycles. The van der Waals surface area contributed by atoms with Gasteiger partial charge in [0.1, 0.15) is 0 Å². The summed E-state index contributed by atoms with van der Waals surface area (Å²) in [4.78, 5) is 15.6. The summed E-state index contributed by atoms with van der Waals surface area (Å²) in [6.07, 6.45) is 4.73. The molecule has 1 unspecified atom stereocenters. The number of anilines is 1. The number of nitrogens with zero attached hydrogens (tertiary/aromatic N) is 2. The topological polar surface area (TPSA) is 63.6 Å². The van der Waals surface area contributed by atoms with Gasteiger partial charge in [-0.3, -0.25) is 5.43 Å². The predicted octanol–water partition coefficient (Wildman–Crippen LogP) is 3.30. The molecule has 1 N–H and O–H groups in total. The minimum atomic E-state index is -0.384. The maximum absolute atomic E-state index is 11.5. The molecule has 1 aliphatic carbocycles. The molecular weight excluding hydrogens is 262 g/mol. The highest BCUT2D eigenvalue weighted by Crippen LogP contribution is 2.22. The molecular formula is C13H19N3O2S. The van der Waals surface area contributed by atoms with E-state index < -0.39 is 0 Å². The number of nitrogens with one attached hydrogen (secondary N) is 1. The van der Waals surface area contributed by atoms with E-state index in [9.17, 15) is 4.79 Å². The van der Waals surface area contributed by atoms with E-state index in [2.05, 4.69) is 22.4 Å². The van der Waals surface area contributed by atoms with Crippen LogP contribution in [0.1, 0.15) is 50.0 Å². The first-order valence-electron chi connectivity index (χ1n) is 6.65. The van der Waals surface area contributed by atoms with Gasteiger partial charge >= 0.3 is 5.97 Å². The second kappa shape index (κ2) is 6.65. The number of hydrogen-bond acceptors (Lipinski definition) is 6. The van der Waals surface area contributed by atoms with Crippen LogP contribution in [-0.4, -0.2) is 23.3 Å². The zero-order valence-electron chi connectivity index (χ0n) is 11.3. The molecule has 1 atom stereocenters. The number of hydrazone groups is 1. The number of hydrogen-bond donors (Lipinski definition) is 1. The zero-order chi connectivity index (χ0) is 13.7. The van der Waals surface area contributed by atoms with Crippen LogP contribution >= 0.6 is 11.3 Å². The summed E-state index contributed by atoms with van der Waals surface area (Å²) >= 11 is 1.36. The summed E-state index contributed by atoms with van der Waals surface area (Å²) in [6.45, 7) is 4.34. The van der Waals surface area contributed by atoms with E-state index in [-0.39, 0.29) is 5.97 Å². The molecule has 0 radical (unpaired) electrons. The lowest BCUT2D eigenvalue weighted by Gasteiger charge is -2.19. The first-order chi connectivity index (χ1) is 9.20. The number of aromatic nitrogens is 1. The van der Waals surface area contributed by atoms with Gasteiger partial charge in [-0.05, 0) is 32.1 Å². The molecule has 0 amide bonds. The second-order valence-electron chi connectivity index (χ2n) is 4.62. The molecule has 0 aliphatic heterocycles. The van der Waals surface area contributed by atoms with Crippen molar-refractivity contribution in [1.29, 1.82) is 0 Å². The Balaban J connectivity index is 1.96. The van der Waals surface area contributed by atoms with Gasteiger partial charge in [-0.25, -0.2) is 9.78 Å². The maximum atomic E-state index is 11.5. The lowest BCUT2D eigenvalue weighted by molar-refractivity contribution is 0.0520. The van der Waals surface area contributed by atoms with Crippen molar-refractivity contribution in [1.82, 2.24) is 4.98 Å². The molecule has 6 heteroatoms. The van der Waals surface area contributed by atoms with Crippen molar-refractivity contribution >= 4 is 28.1 Å². The quantitative estimate of drug-likeness (QED) is 0.679. The number of carbonyl (C=O) groups excluding carboxylic acids is 1. The zero-order valence-corrected chi connectivity index (χ0v) is 12.1. The van der Waals surface area contributed by atoms with Crippen molar-refractivity contribution in [2.75, 3.05) is 12.0 Å². The lowest BCUT2D eigenvalue weighted by Crippen LogP contribution is -2.17. The summed E-state index contributed by atoms with van der Waals surface area (Å²) in [5, 5.41) is 6.73. The third-order valence-corrected chi connectivity index (χ3v) is 3.92. The molecule has 1 fully saturated rings. The van der Waals surface area contributed by atoms with Gasteiger partial charge in [-0.2, -0.15) is 5.10 Å². The summed E-state index contributed by atoms with van der Waals surface area (Å²) in [6, 6.07) is 0. The molecule has 0 spiro atoms. The second-order valence-corrected chi connectivity index (χ2v) is 5.48. The van der Waals surface area contributed by atoms with Crippen molar-refractivity contribution in [2.24, 2.45) is 11.0 Å². The SMILES string of the molecule is CCOC(=O)c1csc(N/N=C2/CCCCC2C)n1. The molecule has 1 aliphatic rings. The number of thiazole rings is 1. The standard InChI is InChI=1S/C13H19N3O2S/c1-3-18-12(17)11-8-19-13(14-11)16-15-10-7-5-4-6-9(10)2/h8-9H,3-7H2,1-2H3,(H,14,16)/b15-10-. The van der Waals surface area contributed by atoms with Crippen LogP contribution in [0.3, 0.4) is 0 Å². The third kappa shape index (κ3) is 3.76. The average Bonchev–Trinajstić information content (AvgIpc) is 2.87. The first-order valence-corrected chi connectivity index (χ1v) is 7.53. The van der Waals surface area contributed by atoms with E-state index >= 15 is 0 Å². The molecule has 1 aromatic rings. The van der Waals surface area contributed by atoms with E-state index in [1.165, 1.54) is 36.3 Å². The number of esters is 1. The lowest BCUT2D eigenvalue weighted by atomic mass is 9.89. The highest BCUT2D eigenvalue weighted by Gasteiger charge is 2.16. The van der Waals surface area contributed by atoms with Crippen LogP contribution in [0, 0.1) is 5.92 Å². The Morgan fingerprint density at radius 2 is 2.47 bits per heavy atom. The van der Waals surface area contributed by atoms with Crippen molar-refractivity contribution in [3.8, 4) is 0 Å². The van der Waals surface area contributed by atoms with Gasteiger partial charge in [-0.1, -0.05) is 13.3 Å². The van der Waals surface area contributed by atoms with Gasteiger partial charge in [0.15, 0.2) is 5.69 Å².